The maximum absolute atomic E-state index is 13.8. The van der Waals surface area contributed by atoms with Gasteiger partial charge < -0.3 is 5.32 Å². The minimum Gasteiger partial charge on any atom is -0.319 e. The van der Waals surface area contributed by atoms with Gasteiger partial charge in [0, 0.05) is 23.9 Å². The van der Waals surface area contributed by atoms with Crippen LogP contribution in [0.25, 0.3) is 0 Å². The first-order chi connectivity index (χ1) is 15.2. The van der Waals surface area contributed by atoms with Gasteiger partial charge >= 0.3 is 6.03 Å². The number of benzene rings is 2. The first-order valence-corrected chi connectivity index (χ1v) is 11.6. The van der Waals surface area contributed by atoms with Gasteiger partial charge in [0.05, 0.1) is 6.67 Å². The lowest BCUT2D eigenvalue weighted by Crippen LogP contribution is -2.47. The van der Waals surface area contributed by atoms with Crippen molar-refractivity contribution in [1.29, 1.82) is 0 Å². The Bertz CT molecular complexity index is 1050. The number of carbonyl (C=O) groups excluding carboxylic acids is 2. The van der Waals surface area contributed by atoms with Crippen LogP contribution in [0.1, 0.15) is 34.9 Å². The van der Waals surface area contributed by atoms with Gasteiger partial charge in [0.25, 0.3) is 5.91 Å². The third kappa shape index (κ3) is 3.66. The normalized spacial score (nSPS) is 24.0. The van der Waals surface area contributed by atoms with Crippen LogP contribution in [0.2, 0.25) is 0 Å². The molecule has 0 radical (unpaired) electrons. The summed E-state index contributed by atoms with van der Waals surface area (Å²) in [5.74, 6) is -0.176. The van der Waals surface area contributed by atoms with Gasteiger partial charge in [-0.3, -0.25) is 9.69 Å². The lowest BCUT2D eigenvalue weighted by Gasteiger charge is -2.30. The fourth-order valence-corrected chi connectivity index (χ4v) is 5.67. The Morgan fingerprint density at radius 1 is 0.968 bits per heavy atom. The van der Waals surface area contributed by atoms with E-state index in [4.69, 9.17) is 0 Å². The van der Waals surface area contributed by atoms with E-state index in [1.54, 1.807) is 11.3 Å². The summed E-state index contributed by atoms with van der Waals surface area (Å²) < 4.78 is 0. The molecule has 2 fully saturated rings. The Hall–Kier alpha value is -2.96. The molecule has 3 aromatic rings. The molecule has 0 saturated carbocycles. The van der Waals surface area contributed by atoms with Crippen LogP contribution in [0.4, 0.5) is 4.79 Å². The van der Waals surface area contributed by atoms with Crippen molar-refractivity contribution in [1.82, 2.24) is 15.1 Å². The first kappa shape index (κ1) is 20.0. The highest BCUT2D eigenvalue weighted by molar-refractivity contribution is 7.10. The second kappa shape index (κ2) is 8.29. The van der Waals surface area contributed by atoms with Crippen molar-refractivity contribution in [2.75, 3.05) is 13.2 Å². The molecule has 158 valence electrons. The summed E-state index contributed by atoms with van der Waals surface area (Å²) in [6.45, 7) is 1.20. The Kier molecular flexibility index (Phi) is 5.34. The molecule has 3 amide bonds. The van der Waals surface area contributed by atoms with Gasteiger partial charge in [-0.05, 0) is 35.4 Å². The summed E-state index contributed by atoms with van der Waals surface area (Å²) in [5.41, 5.74) is 0.744. The summed E-state index contributed by atoms with van der Waals surface area (Å²) in [4.78, 5) is 31.9. The molecule has 5 nitrogen and oxygen atoms in total. The van der Waals surface area contributed by atoms with Crippen LogP contribution in [-0.4, -0.2) is 35.0 Å². The highest BCUT2D eigenvalue weighted by Crippen LogP contribution is 2.37. The summed E-state index contributed by atoms with van der Waals surface area (Å²) in [6, 6.07) is 23.6. The molecule has 0 unspecified atom stereocenters. The standard InChI is InChI=1S/C25H25N3O2S/c29-23-25(20-11-5-2-6-12-20,17-19-9-3-1-4-10-19)26-24(30)28(23)18-27-15-7-13-21(27)22-14-8-16-31-22/h1-6,8-12,14,16,21H,7,13,15,17-18H2,(H,26,30)/t21-,25+/m0/s1. The average Bonchev–Trinajstić information content (AvgIpc) is 3.53. The van der Waals surface area contributed by atoms with E-state index >= 15 is 0 Å². The topological polar surface area (TPSA) is 52.7 Å². The smallest absolute Gasteiger partial charge is 0.319 e. The molecule has 0 aliphatic carbocycles. The number of imide groups is 1. The van der Waals surface area contributed by atoms with Gasteiger partial charge in [-0.2, -0.15) is 0 Å². The maximum Gasteiger partial charge on any atom is 0.326 e. The Balaban J connectivity index is 1.45. The van der Waals surface area contributed by atoms with Crippen molar-refractivity contribution in [3.63, 3.8) is 0 Å². The molecule has 0 spiro atoms. The Labute approximate surface area is 186 Å². The second-order valence-electron chi connectivity index (χ2n) is 8.22. The molecule has 2 aliphatic rings. The molecule has 2 atom stereocenters. The molecule has 2 saturated heterocycles. The van der Waals surface area contributed by atoms with E-state index in [2.05, 4.69) is 27.7 Å². The SMILES string of the molecule is O=C1N[C@](Cc2ccccc2)(c2ccccc2)C(=O)N1CN1CCC[C@H]1c1cccs1. The van der Waals surface area contributed by atoms with Crippen LogP contribution in [-0.2, 0) is 16.8 Å². The third-order valence-electron chi connectivity index (χ3n) is 6.31. The van der Waals surface area contributed by atoms with Crippen LogP contribution >= 0.6 is 11.3 Å². The van der Waals surface area contributed by atoms with E-state index in [0.717, 1.165) is 30.5 Å². The van der Waals surface area contributed by atoms with Gasteiger partial charge in [-0.1, -0.05) is 66.7 Å². The van der Waals surface area contributed by atoms with E-state index in [-0.39, 0.29) is 18.0 Å². The molecule has 2 aromatic carbocycles. The molecular formula is C25H25N3O2S. The van der Waals surface area contributed by atoms with Crippen LogP contribution in [0, 0.1) is 0 Å². The predicted octanol–water partition coefficient (Wildman–Crippen LogP) is 4.53. The first-order valence-electron chi connectivity index (χ1n) is 10.7. The second-order valence-corrected chi connectivity index (χ2v) is 9.20. The van der Waals surface area contributed by atoms with E-state index in [1.165, 1.54) is 9.78 Å². The van der Waals surface area contributed by atoms with E-state index in [9.17, 15) is 9.59 Å². The zero-order valence-corrected chi connectivity index (χ0v) is 18.1. The lowest BCUT2D eigenvalue weighted by atomic mass is 9.83. The number of likely N-dealkylation sites (tertiary alicyclic amines) is 1. The van der Waals surface area contributed by atoms with Crippen LogP contribution < -0.4 is 5.32 Å². The molecule has 1 aromatic heterocycles. The number of nitrogens with one attached hydrogen (secondary N) is 1. The Morgan fingerprint density at radius 2 is 1.71 bits per heavy atom. The van der Waals surface area contributed by atoms with Gasteiger partial charge in [0.2, 0.25) is 0 Å². The van der Waals surface area contributed by atoms with Crippen molar-refractivity contribution in [2.24, 2.45) is 0 Å². The largest absolute Gasteiger partial charge is 0.326 e. The lowest BCUT2D eigenvalue weighted by molar-refractivity contribution is -0.133. The number of carbonyl (C=O) groups is 2. The number of hydrogen-bond donors (Lipinski definition) is 1. The van der Waals surface area contributed by atoms with Gasteiger partial charge in [-0.25, -0.2) is 9.69 Å². The minimum atomic E-state index is -1.09. The monoisotopic (exact) mass is 431 g/mol. The number of hydrogen-bond acceptors (Lipinski definition) is 4. The minimum absolute atomic E-state index is 0.176. The zero-order valence-electron chi connectivity index (χ0n) is 17.2. The number of amides is 3. The molecule has 2 aliphatic heterocycles. The molecule has 6 heteroatoms. The zero-order chi connectivity index (χ0) is 21.3. The maximum atomic E-state index is 13.8. The van der Waals surface area contributed by atoms with Crippen LogP contribution in [0.5, 0.6) is 0 Å². The molecule has 1 N–H and O–H groups in total. The third-order valence-corrected chi connectivity index (χ3v) is 7.29. The number of rotatable bonds is 6. The summed E-state index contributed by atoms with van der Waals surface area (Å²) >= 11 is 1.74. The highest BCUT2D eigenvalue weighted by Gasteiger charge is 2.53. The number of thiophene rings is 1. The van der Waals surface area contributed by atoms with Crippen molar-refractivity contribution in [3.8, 4) is 0 Å². The quantitative estimate of drug-likeness (QED) is 0.584. The highest BCUT2D eigenvalue weighted by atomic mass is 32.1. The van der Waals surface area contributed by atoms with Gasteiger partial charge in [-0.15, -0.1) is 11.3 Å². The van der Waals surface area contributed by atoms with Crippen molar-refractivity contribution >= 4 is 23.3 Å². The summed E-state index contributed by atoms with van der Waals surface area (Å²) in [6.07, 6.45) is 2.55. The molecule has 0 bridgehead atoms. The molecule has 5 rings (SSSR count). The molecular weight excluding hydrogens is 406 g/mol. The van der Waals surface area contributed by atoms with Gasteiger partial charge in [0.15, 0.2) is 5.54 Å². The number of urea groups is 1. The van der Waals surface area contributed by atoms with E-state index < -0.39 is 5.54 Å². The van der Waals surface area contributed by atoms with E-state index in [0.29, 0.717) is 13.1 Å². The number of nitrogens with zero attached hydrogens (tertiary/aromatic N) is 2. The predicted molar refractivity (Wildman–Crippen MR) is 122 cm³/mol. The van der Waals surface area contributed by atoms with Gasteiger partial charge in [0.1, 0.15) is 0 Å². The fraction of sp³-hybridized carbons (Fsp3) is 0.280. The van der Waals surface area contributed by atoms with Crippen molar-refractivity contribution < 1.29 is 9.59 Å². The molecule has 31 heavy (non-hydrogen) atoms. The average molecular weight is 432 g/mol. The van der Waals surface area contributed by atoms with Crippen molar-refractivity contribution in [2.45, 2.75) is 30.8 Å². The van der Waals surface area contributed by atoms with Crippen LogP contribution in [0.3, 0.4) is 0 Å². The molecule has 3 heterocycles. The summed E-state index contributed by atoms with van der Waals surface area (Å²) in [5, 5.41) is 5.15. The van der Waals surface area contributed by atoms with E-state index in [1.807, 2.05) is 60.7 Å². The summed E-state index contributed by atoms with van der Waals surface area (Å²) in [7, 11) is 0. The fourth-order valence-electron chi connectivity index (χ4n) is 4.78. The Morgan fingerprint density at radius 3 is 2.42 bits per heavy atom. The van der Waals surface area contributed by atoms with Crippen molar-refractivity contribution in [3.05, 3.63) is 94.2 Å². The van der Waals surface area contributed by atoms with Crippen LogP contribution in [0.15, 0.2) is 78.2 Å².